The number of carbonyl (C=O) groups is 1. The summed E-state index contributed by atoms with van der Waals surface area (Å²) in [6, 6.07) is 13.3. The molecule has 23 heavy (non-hydrogen) atoms. The molecule has 5 heteroatoms. The fourth-order valence-electron chi connectivity index (χ4n) is 2.04. The van der Waals surface area contributed by atoms with E-state index in [0.717, 1.165) is 10.6 Å². The number of ether oxygens (including phenoxy) is 1. The summed E-state index contributed by atoms with van der Waals surface area (Å²) in [4.78, 5) is 15.1. The molecule has 0 bridgehead atoms. The number of aryl methyl sites for hydroxylation is 1. The Morgan fingerprint density at radius 1 is 1.22 bits per heavy atom. The summed E-state index contributed by atoms with van der Waals surface area (Å²) >= 11 is 7.73. The quantitative estimate of drug-likeness (QED) is 0.718. The van der Waals surface area contributed by atoms with E-state index in [2.05, 4.69) is 0 Å². The molecular formula is C18H20ClNO2S. The van der Waals surface area contributed by atoms with E-state index in [1.165, 1.54) is 5.56 Å². The number of likely N-dealkylation sites (N-methyl/N-ethyl adjacent to an activating group) is 1. The van der Waals surface area contributed by atoms with Gasteiger partial charge >= 0.3 is 0 Å². The molecule has 0 heterocycles. The molecule has 2 rings (SSSR count). The lowest BCUT2D eigenvalue weighted by Crippen LogP contribution is -2.31. The number of halogens is 1. The van der Waals surface area contributed by atoms with Gasteiger partial charge in [0, 0.05) is 11.9 Å². The van der Waals surface area contributed by atoms with Crippen LogP contribution in [0.4, 0.5) is 0 Å². The molecule has 0 saturated carbocycles. The van der Waals surface area contributed by atoms with E-state index in [0.29, 0.717) is 23.7 Å². The highest BCUT2D eigenvalue weighted by atomic mass is 35.5. The number of hydrogen-bond donors (Lipinski definition) is 0. The molecule has 0 atom stereocenters. The average Bonchev–Trinajstić information content (AvgIpc) is 2.56. The van der Waals surface area contributed by atoms with Crippen molar-refractivity contribution in [3.63, 3.8) is 0 Å². The average molecular weight is 350 g/mol. The predicted molar refractivity (Wildman–Crippen MR) is 96.9 cm³/mol. The number of thioether (sulfide) groups is 1. The number of amides is 1. The zero-order valence-electron chi connectivity index (χ0n) is 13.5. The predicted octanol–water partition coefficient (Wildman–Crippen LogP) is 4.52. The van der Waals surface area contributed by atoms with Crippen LogP contribution in [-0.2, 0) is 0 Å². The molecule has 0 spiro atoms. The largest absolute Gasteiger partial charge is 0.492 e. The van der Waals surface area contributed by atoms with Crippen molar-refractivity contribution < 1.29 is 9.53 Å². The Morgan fingerprint density at radius 3 is 2.57 bits per heavy atom. The van der Waals surface area contributed by atoms with Gasteiger partial charge in [0.25, 0.3) is 5.91 Å². The Balaban J connectivity index is 1.93. The van der Waals surface area contributed by atoms with Crippen molar-refractivity contribution in [3.05, 3.63) is 58.6 Å². The van der Waals surface area contributed by atoms with Gasteiger partial charge in [0.2, 0.25) is 0 Å². The summed E-state index contributed by atoms with van der Waals surface area (Å²) in [5, 5.41) is 0.471. The minimum absolute atomic E-state index is 0.0987. The van der Waals surface area contributed by atoms with Gasteiger partial charge in [-0.2, -0.15) is 0 Å². The van der Waals surface area contributed by atoms with E-state index in [1.54, 1.807) is 29.8 Å². The molecule has 3 nitrogen and oxygen atoms in total. The summed E-state index contributed by atoms with van der Waals surface area (Å²) in [5.41, 5.74) is 1.71. The lowest BCUT2D eigenvalue weighted by molar-refractivity contribution is 0.0773. The highest BCUT2D eigenvalue weighted by Crippen LogP contribution is 2.24. The lowest BCUT2D eigenvalue weighted by Gasteiger charge is -2.18. The fraction of sp³-hybridized carbons (Fsp3) is 0.278. The third-order valence-corrected chi connectivity index (χ3v) is 4.52. The Hall–Kier alpha value is -1.65. The first-order chi connectivity index (χ1) is 11.0. The first-order valence-corrected chi connectivity index (χ1v) is 8.90. The van der Waals surface area contributed by atoms with Gasteiger partial charge in [0.15, 0.2) is 0 Å². The van der Waals surface area contributed by atoms with Crippen LogP contribution in [0.3, 0.4) is 0 Å². The highest BCUT2D eigenvalue weighted by Gasteiger charge is 2.15. The van der Waals surface area contributed by atoms with E-state index in [9.17, 15) is 4.79 Å². The van der Waals surface area contributed by atoms with Gasteiger partial charge in [-0.3, -0.25) is 4.79 Å². The van der Waals surface area contributed by atoms with Crippen LogP contribution in [0.15, 0.2) is 47.4 Å². The molecule has 0 aromatic heterocycles. The van der Waals surface area contributed by atoms with Gasteiger partial charge in [-0.25, -0.2) is 0 Å². The zero-order chi connectivity index (χ0) is 16.8. The van der Waals surface area contributed by atoms with Gasteiger partial charge in [0.05, 0.1) is 17.1 Å². The molecule has 0 unspecified atom stereocenters. The number of nitrogens with zero attached hydrogens (tertiary/aromatic N) is 1. The Morgan fingerprint density at radius 2 is 1.91 bits per heavy atom. The first kappa shape index (κ1) is 17.7. The Labute approximate surface area is 146 Å². The summed E-state index contributed by atoms with van der Waals surface area (Å²) in [6.07, 6.45) is 1.97. The van der Waals surface area contributed by atoms with Gasteiger partial charge in [0.1, 0.15) is 12.4 Å². The molecule has 2 aromatic carbocycles. The molecule has 1 amide bonds. The monoisotopic (exact) mass is 349 g/mol. The highest BCUT2D eigenvalue weighted by molar-refractivity contribution is 7.98. The van der Waals surface area contributed by atoms with Gasteiger partial charge in [-0.05, 0) is 43.5 Å². The van der Waals surface area contributed by atoms with Crippen LogP contribution in [-0.4, -0.2) is 37.3 Å². The smallest absolute Gasteiger partial charge is 0.255 e. The molecule has 0 aliphatic rings. The minimum Gasteiger partial charge on any atom is -0.492 e. The van der Waals surface area contributed by atoms with Crippen LogP contribution in [0.1, 0.15) is 15.9 Å². The van der Waals surface area contributed by atoms with Gasteiger partial charge < -0.3 is 9.64 Å². The molecule has 0 aliphatic heterocycles. The molecule has 0 fully saturated rings. The van der Waals surface area contributed by atoms with E-state index in [4.69, 9.17) is 16.3 Å². The SMILES string of the molecule is CSc1ccc(Cl)c(C(=O)N(C)CCOc2ccc(C)cc2)c1. The first-order valence-electron chi connectivity index (χ1n) is 7.29. The van der Waals surface area contributed by atoms with Crippen LogP contribution in [0.2, 0.25) is 5.02 Å². The van der Waals surface area contributed by atoms with Crippen LogP contribution in [0, 0.1) is 6.92 Å². The standard InChI is InChI=1S/C18H20ClNO2S/c1-13-4-6-14(7-5-13)22-11-10-20(2)18(21)16-12-15(23-3)8-9-17(16)19/h4-9,12H,10-11H2,1-3H3. The van der Waals surface area contributed by atoms with E-state index < -0.39 is 0 Å². The number of carbonyl (C=O) groups excluding carboxylic acids is 1. The fourth-order valence-corrected chi connectivity index (χ4v) is 2.68. The van der Waals surface area contributed by atoms with Gasteiger partial charge in [-0.15, -0.1) is 11.8 Å². The molecular weight excluding hydrogens is 330 g/mol. The number of hydrogen-bond acceptors (Lipinski definition) is 3. The van der Waals surface area contributed by atoms with E-state index in [1.807, 2.05) is 49.6 Å². The maximum Gasteiger partial charge on any atom is 0.255 e. The summed E-state index contributed by atoms with van der Waals surface area (Å²) < 4.78 is 5.66. The third-order valence-electron chi connectivity index (χ3n) is 3.47. The normalized spacial score (nSPS) is 10.4. The van der Waals surface area contributed by atoms with Crippen molar-refractivity contribution >= 4 is 29.3 Å². The van der Waals surface area contributed by atoms with Gasteiger partial charge in [-0.1, -0.05) is 29.3 Å². The topological polar surface area (TPSA) is 29.5 Å². The second-order valence-electron chi connectivity index (χ2n) is 5.23. The molecule has 0 aliphatic carbocycles. The Kier molecular flexibility index (Phi) is 6.37. The third kappa shape index (κ3) is 4.91. The van der Waals surface area contributed by atoms with Crippen molar-refractivity contribution in [1.29, 1.82) is 0 Å². The Bertz CT molecular complexity index is 673. The molecule has 2 aromatic rings. The second kappa shape index (κ2) is 8.27. The van der Waals surface area contributed by atoms with Crippen molar-refractivity contribution in [2.75, 3.05) is 26.5 Å². The van der Waals surface area contributed by atoms with Crippen molar-refractivity contribution in [2.45, 2.75) is 11.8 Å². The molecule has 122 valence electrons. The van der Waals surface area contributed by atoms with Crippen LogP contribution < -0.4 is 4.74 Å². The molecule has 0 radical (unpaired) electrons. The van der Waals surface area contributed by atoms with Crippen LogP contribution >= 0.6 is 23.4 Å². The van der Waals surface area contributed by atoms with Crippen molar-refractivity contribution in [3.8, 4) is 5.75 Å². The summed E-state index contributed by atoms with van der Waals surface area (Å²) in [5.74, 6) is 0.706. The zero-order valence-corrected chi connectivity index (χ0v) is 15.1. The molecule has 0 N–H and O–H groups in total. The van der Waals surface area contributed by atoms with Crippen LogP contribution in [0.25, 0.3) is 0 Å². The second-order valence-corrected chi connectivity index (χ2v) is 6.52. The van der Waals surface area contributed by atoms with Crippen LogP contribution in [0.5, 0.6) is 5.75 Å². The summed E-state index contributed by atoms with van der Waals surface area (Å²) in [6.45, 7) is 2.96. The maximum absolute atomic E-state index is 12.5. The van der Waals surface area contributed by atoms with E-state index >= 15 is 0 Å². The minimum atomic E-state index is -0.0987. The number of benzene rings is 2. The lowest BCUT2D eigenvalue weighted by atomic mass is 10.2. The van der Waals surface area contributed by atoms with Crippen molar-refractivity contribution in [1.82, 2.24) is 4.90 Å². The number of rotatable bonds is 6. The van der Waals surface area contributed by atoms with Crippen molar-refractivity contribution in [2.24, 2.45) is 0 Å². The molecule has 0 saturated heterocycles. The maximum atomic E-state index is 12.5. The summed E-state index contributed by atoms with van der Waals surface area (Å²) in [7, 11) is 1.75. The van der Waals surface area contributed by atoms with E-state index in [-0.39, 0.29) is 5.91 Å².